The first-order valence-corrected chi connectivity index (χ1v) is 7.68. The van der Waals surface area contributed by atoms with E-state index in [-0.39, 0.29) is 12.5 Å². The zero-order chi connectivity index (χ0) is 17.9. The largest absolute Gasteiger partial charge is 0.482 e. The van der Waals surface area contributed by atoms with Gasteiger partial charge in [-0.2, -0.15) is 0 Å². The van der Waals surface area contributed by atoms with E-state index in [0.717, 1.165) is 0 Å². The average Bonchev–Trinajstić information content (AvgIpc) is 2.62. The van der Waals surface area contributed by atoms with Crippen molar-refractivity contribution in [2.24, 2.45) is 5.92 Å². The number of rotatable bonds is 9. The fourth-order valence-electron chi connectivity index (χ4n) is 1.86. The van der Waals surface area contributed by atoms with Crippen LogP contribution in [0.5, 0.6) is 5.75 Å². The van der Waals surface area contributed by atoms with Gasteiger partial charge in [-0.15, -0.1) is 0 Å². The Morgan fingerprint density at radius 2 is 1.79 bits per heavy atom. The Balaban J connectivity index is 2.38. The normalized spacial score (nSPS) is 12.6. The molecule has 1 rings (SSSR count). The van der Waals surface area contributed by atoms with Gasteiger partial charge in [0.15, 0.2) is 13.2 Å². The van der Waals surface area contributed by atoms with Gasteiger partial charge in [0.25, 0.3) is 5.91 Å². The molecule has 0 aromatic heterocycles. The number of methoxy groups -OCH3 is 1. The van der Waals surface area contributed by atoms with E-state index in [1.807, 2.05) is 19.9 Å². The molecule has 2 atom stereocenters. The van der Waals surface area contributed by atoms with Crippen LogP contribution < -0.4 is 10.1 Å². The number of carbonyl (C=O) groups is 3. The summed E-state index contributed by atoms with van der Waals surface area (Å²) in [6, 6.07) is 8.00. The minimum absolute atomic E-state index is 0.0986. The highest BCUT2D eigenvalue weighted by Gasteiger charge is 2.26. The van der Waals surface area contributed by atoms with E-state index in [0.29, 0.717) is 12.2 Å². The second-order valence-corrected chi connectivity index (χ2v) is 5.22. The molecule has 0 bridgehead atoms. The predicted octanol–water partition coefficient (Wildman–Crippen LogP) is 1.31. The maximum absolute atomic E-state index is 11.8. The fourth-order valence-corrected chi connectivity index (χ4v) is 1.86. The van der Waals surface area contributed by atoms with E-state index in [1.165, 1.54) is 7.11 Å². The molecule has 0 saturated carbocycles. The van der Waals surface area contributed by atoms with E-state index in [2.05, 4.69) is 10.1 Å². The summed E-state index contributed by atoms with van der Waals surface area (Å²) in [4.78, 5) is 35.1. The lowest BCUT2D eigenvalue weighted by Crippen LogP contribution is -2.47. The Morgan fingerprint density at radius 1 is 1.12 bits per heavy atom. The third-order valence-electron chi connectivity index (χ3n) is 3.45. The Morgan fingerprint density at radius 3 is 2.38 bits per heavy atom. The molecule has 132 valence electrons. The molecule has 1 aromatic carbocycles. The predicted molar refractivity (Wildman–Crippen MR) is 86.3 cm³/mol. The highest BCUT2D eigenvalue weighted by Crippen LogP contribution is 2.09. The van der Waals surface area contributed by atoms with Crippen molar-refractivity contribution in [3.05, 3.63) is 30.3 Å². The van der Waals surface area contributed by atoms with Gasteiger partial charge in [0.2, 0.25) is 0 Å². The summed E-state index contributed by atoms with van der Waals surface area (Å²) in [5, 5.41) is 2.52. The number of benzene rings is 1. The zero-order valence-corrected chi connectivity index (χ0v) is 14.1. The number of nitrogens with one attached hydrogen (secondary N) is 1. The van der Waals surface area contributed by atoms with Gasteiger partial charge in [-0.05, 0) is 18.1 Å². The summed E-state index contributed by atoms with van der Waals surface area (Å²) in [5.74, 6) is -1.35. The highest BCUT2D eigenvalue weighted by molar-refractivity contribution is 5.86. The third-order valence-corrected chi connectivity index (χ3v) is 3.45. The molecule has 0 heterocycles. The Labute approximate surface area is 141 Å². The van der Waals surface area contributed by atoms with Crippen LogP contribution in [0.3, 0.4) is 0 Å². The zero-order valence-electron chi connectivity index (χ0n) is 14.1. The molecular weight excluding hydrogens is 314 g/mol. The maximum Gasteiger partial charge on any atom is 0.344 e. The first kappa shape index (κ1) is 19.5. The molecular formula is C17H23NO6. The lowest BCUT2D eigenvalue weighted by molar-refractivity contribution is -0.152. The number of para-hydroxylation sites is 1. The van der Waals surface area contributed by atoms with Gasteiger partial charge in [-0.25, -0.2) is 9.59 Å². The smallest absolute Gasteiger partial charge is 0.344 e. The molecule has 24 heavy (non-hydrogen) atoms. The highest BCUT2D eigenvalue weighted by atomic mass is 16.6. The topological polar surface area (TPSA) is 90.9 Å². The number of esters is 2. The van der Waals surface area contributed by atoms with Gasteiger partial charge in [0, 0.05) is 0 Å². The molecule has 0 saturated heterocycles. The standard InChI is InChI=1S/C17H23NO6/c1-4-12(2)16(17(21)22-3)18-14(19)10-24-15(20)11-23-13-8-6-5-7-9-13/h5-9,12,16H,4,10-11H2,1-3H3,(H,18,19)/t12-,16+/m0/s1. The van der Waals surface area contributed by atoms with Crippen molar-refractivity contribution in [1.82, 2.24) is 5.32 Å². The summed E-state index contributed by atoms with van der Waals surface area (Å²) in [7, 11) is 1.25. The van der Waals surface area contributed by atoms with Crippen LogP contribution >= 0.6 is 0 Å². The molecule has 0 radical (unpaired) electrons. The summed E-state index contributed by atoms with van der Waals surface area (Å²) in [6.45, 7) is 2.93. The number of ether oxygens (including phenoxy) is 3. The second kappa shape index (κ2) is 10.3. The van der Waals surface area contributed by atoms with Crippen molar-refractivity contribution in [2.75, 3.05) is 20.3 Å². The fraction of sp³-hybridized carbons (Fsp3) is 0.471. The Bertz CT molecular complexity index is 545. The molecule has 1 N–H and O–H groups in total. The molecule has 0 aliphatic carbocycles. The van der Waals surface area contributed by atoms with Crippen molar-refractivity contribution in [3.8, 4) is 5.75 Å². The first-order chi connectivity index (χ1) is 11.5. The Hall–Kier alpha value is -2.57. The van der Waals surface area contributed by atoms with Gasteiger partial charge < -0.3 is 19.5 Å². The molecule has 0 spiro atoms. The van der Waals surface area contributed by atoms with Gasteiger partial charge in [0.05, 0.1) is 7.11 Å². The van der Waals surface area contributed by atoms with Crippen molar-refractivity contribution in [1.29, 1.82) is 0 Å². The van der Waals surface area contributed by atoms with Crippen LogP contribution in [0.15, 0.2) is 30.3 Å². The van der Waals surface area contributed by atoms with Crippen LogP contribution in [0.4, 0.5) is 0 Å². The summed E-state index contributed by atoms with van der Waals surface area (Å²) in [6.07, 6.45) is 0.685. The van der Waals surface area contributed by atoms with Crippen LogP contribution in [-0.4, -0.2) is 44.2 Å². The van der Waals surface area contributed by atoms with Crippen LogP contribution in [0, 0.1) is 5.92 Å². The lowest BCUT2D eigenvalue weighted by Gasteiger charge is -2.21. The monoisotopic (exact) mass is 337 g/mol. The number of hydrogen-bond acceptors (Lipinski definition) is 6. The molecule has 0 aliphatic rings. The number of hydrogen-bond donors (Lipinski definition) is 1. The Kier molecular flexibility index (Phi) is 8.32. The van der Waals surface area contributed by atoms with E-state index < -0.39 is 30.5 Å². The molecule has 1 amide bonds. The second-order valence-electron chi connectivity index (χ2n) is 5.22. The molecule has 0 aliphatic heterocycles. The summed E-state index contributed by atoms with van der Waals surface area (Å²) >= 11 is 0. The van der Waals surface area contributed by atoms with Crippen molar-refractivity contribution < 1.29 is 28.6 Å². The van der Waals surface area contributed by atoms with E-state index >= 15 is 0 Å². The van der Waals surface area contributed by atoms with Gasteiger partial charge >= 0.3 is 11.9 Å². The van der Waals surface area contributed by atoms with Crippen molar-refractivity contribution in [3.63, 3.8) is 0 Å². The minimum Gasteiger partial charge on any atom is -0.482 e. The molecule has 1 aromatic rings. The summed E-state index contributed by atoms with van der Waals surface area (Å²) < 4.78 is 14.7. The van der Waals surface area contributed by atoms with E-state index in [1.54, 1.807) is 24.3 Å². The van der Waals surface area contributed by atoms with Gasteiger partial charge in [-0.1, -0.05) is 38.5 Å². The lowest BCUT2D eigenvalue weighted by atomic mass is 9.99. The van der Waals surface area contributed by atoms with Crippen LogP contribution in [0.25, 0.3) is 0 Å². The third kappa shape index (κ3) is 6.68. The number of amides is 1. The minimum atomic E-state index is -0.772. The van der Waals surface area contributed by atoms with Crippen LogP contribution in [-0.2, 0) is 23.9 Å². The quantitative estimate of drug-likeness (QED) is 0.683. The van der Waals surface area contributed by atoms with E-state index in [4.69, 9.17) is 9.47 Å². The SMILES string of the molecule is CC[C@H](C)[C@@H](NC(=O)COC(=O)COc1ccccc1)C(=O)OC. The van der Waals surface area contributed by atoms with E-state index in [9.17, 15) is 14.4 Å². The van der Waals surface area contributed by atoms with Crippen LogP contribution in [0.2, 0.25) is 0 Å². The average molecular weight is 337 g/mol. The van der Waals surface area contributed by atoms with Gasteiger partial charge in [-0.3, -0.25) is 4.79 Å². The number of carbonyl (C=O) groups excluding carboxylic acids is 3. The van der Waals surface area contributed by atoms with Crippen molar-refractivity contribution in [2.45, 2.75) is 26.3 Å². The van der Waals surface area contributed by atoms with Gasteiger partial charge in [0.1, 0.15) is 11.8 Å². The van der Waals surface area contributed by atoms with Crippen LogP contribution in [0.1, 0.15) is 20.3 Å². The first-order valence-electron chi connectivity index (χ1n) is 7.68. The molecule has 0 fully saturated rings. The summed E-state index contributed by atoms with van der Waals surface area (Å²) in [5.41, 5.74) is 0. The molecule has 0 unspecified atom stereocenters. The maximum atomic E-state index is 11.8. The molecule has 7 nitrogen and oxygen atoms in total. The van der Waals surface area contributed by atoms with Crippen molar-refractivity contribution >= 4 is 17.8 Å². The molecule has 7 heteroatoms.